The molecule has 1 aliphatic rings. The second-order valence-electron chi connectivity index (χ2n) is 7.11. The Morgan fingerprint density at radius 2 is 1.95 bits per heavy atom. The van der Waals surface area contributed by atoms with Crippen LogP contribution in [0.4, 0.5) is 0 Å². The lowest BCUT2D eigenvalue weighted by Crippen LogP contribution is -2.38. The van der Waals surface area contributed by atoms with E-state index in [1.54, 1.807) is 7.11 Å². The standard InChI is InChI=1S/C17H29N3O/c1-5-13(18)12-14-6-11-19-15(20-14)17(21-4)9-7-16(2,3)8-10-17/h6,11,13H,5,7-10,12,18H2,1-4H3. The first kappa shape index (κ1) is 16.4. The maximum Gasteiger partial charge on any atom is 0.160 e. The Bertz CT molecular complexity index is 463. The average molecular weight is 291 g/mol. The Hall–Kier alpha value is -1.00. The van der Waals surface area contributed by atoms with Gasteiger partial charge in [-0.15, -0.1) is 0 Å². The Morgan fingerprint density at radius 1 is 1.29 bits per heavy atom. The van der Waals surface area contributed by atoms with Crippen molar-refractivity contribution in [3.8, 4) is 0 Å². The van der Waals surface area contributed by atoms with Crippen LogP contribution in [-0.4, -0.2) is 23.1 Å². The van der Waals surface area contributed by atoms with E-state index in [2.05, 4.69) is 25.8 Å². The molecule has 1 saturated carbocycles. The molecule has 1 aromatic heterocycles. The summed E-state index contributed by atoms with van der Waals surface area (Å²) >= 11 is 0. The molecule has 1 unspecified atom stereocenters. The van der Waals surface area contributed by atoms with Crippen LogP contribution in [-0.2, 0) is 16.8 Å². The van der Waals surface area contributed by atoms with E-state index in [1.807, 2.05) is 12.3 Å². The van der Waals surface area contributed by atoms with Crippen LogP contribution in [0.25, 0.3) is 0 Å². The summed E-state index contributed by atoms with van der Waals surface area (Å²) in [5.74, 6) is 0.835. The number of methoxy groups -OCH3 is 1. The molecule has 2 rings (SSSR count). The molecule has 2 N–H and O–H groups in total. The first-order chi connectivity index (χ1) is 9.91. The quantitative estimate of drug-likeness (QED) is 0.905. The van der Waals surface area contributed by atoms with Gasteiger partial charge in [-0.1, -0.05) is 20.8 Å². The van der Waals surface area contributed by atoms with E-state index in [9.17, 15) is 0 Å². The number of hydrogen-bond donors (Lipinski definition) is 1. The molecule has 4 nitrogen and oxygen atoms in total. The molecule has 0 saturated heterocycles. The maximum atomic E-state index is 6.04. The van der Waals surface area contributed by atoms with Gasteiger partial charge < -0.3 is 10.5 Å². The summed E-state index contributed by atoms with van der Waals surface area (Å²) in [4.78, 5) is 9.27. The summed E-state index contributed by atoms with van der Waals surface area (Å²) in [5, 5.41) is 0. The summed E-state index contributed by atoms with van der Waals surface area (Å²) < 4.78 is 5.89. The summed E-state index contributed by atoms with van der Waals surface area (Å²) in [7, 11) is 1.78. The van der Waals surface area contributed by atoms with Crippen molar-refractivity contribution in [2.75, 3.05) is 7.11 Å². The first-order valence-electron chi connectivity index (χ1n) is 8.04. The zero-order valence-electron chi connectivity index (χ0n) is 13.9. The van der Waals surface area contributed by atoms with Crippen molar-refractivity contribution in [1.82, 2.24) is 9.97 Å². The number of nitrogens with zero attached hydrogens (tertiary/aromatic N) is 2. The fourth-order valence-corrected chi connectivity index (χ4v) is 2.99. The van der Waals surface area contributed by atoms with Gasteiger partial charge in [0.05, 0.1) is 0 Å². The molecule has 118 valence electrons. The smallest absolute Gasteiger partial charge is 0.160 e. The van der Waals surface area contributed by atoms with E-state index in [0.29, 0.717) is 5.41 Å². The Kier molecular flexibility index (Phi) is 4.99. The van der Waals surface area contributed by atoms with Crippen molar-refractivity contribution in [1.29, 1.82) is 0 Å². The van der Waals surface area contributed by atoms with Crippen LogP contribution in [0.2, 0.25) is 0 Å². The fourth-order valence-electron chi connectivity index (χ4n) is 2.99. The van der Waals surface area contributed by atoms with Crippen LogP contribution in [0.15, 0.2) is 12.3 Å². The highest BCUT2D eigenvalue weighted by Gasteiger charge is 2.42. The van der Waals surface area contributed by atoms with Gasteiger partial charge in [0.2, 0.25) is 0 Å². The third-order valence-corrected chi connectivity index (χ3v) is 4.92. The Morgan fingerprint density at radius 3 is 2.52 bits per heavy atom. The zero-order chi connectivity index (χ0) is 15.5. The molecule has 0 amide bonds. The lowest BCUT2D eigenvalue weighted by Gasteiger charge is -2.41. The van der Waals surface area contributed by atoms with E-state index in [0.717, 1.165) is 50.0 Å². The molecule has 0 radical (unpaired) electrons. The van der Waals surface area contributed by atoms with E-state index in [1.165, 1.54) is 0 Å². The summed E-state index contributed by atoms with van der Waals surface area (Å²) in [6.45, 7) is 6.75. The van der Waals surface area contributed by atoms with E-state index >= 15 is 0 Å². The van der Waals surface area contributed by atoms with Gasteiger partial charge in [0.15, 0.2) is 5.82 Å². The third-order valence-electron chi connectivity index (χ3n) is 4.92. The topological polar surface area (TPSA) is 61.0 Å². The molecule has 1 atom stereocenters. The molecule has 21 heavy (non-hydrogen) atoms. The number of hydrogen-bond acceptors (Lipinski definition) is 4. The molecule has 1 heterocycles. The van der Waals surface area contributed by atoms with Crippen LogP contribution in [0.1, 0.15) is 64.4 Å². The highest BCUT2D eigenvalue weighted by molar-refractivity contribution is 5.11. The van der Waals surface area contributed by atoms with Gasteiger partial charge in [-0.05, 0) is 43.6 Å². The third kappa shape index (κ3) is 3.80. The molecule has 0 spiro atoms. The number of rotatable bonds is 5. The van der Waals surface area contributed by atoms with Crippen molar-refractivity contribution in [2.24, 2.45) is 11.1 Å². The monoisotopic (exact) mass is 291 g/mol. The predicted octanol–water partition coefficient (Wildman–Crippen LogP) is 3.20. The second-order valence-corrected chi connectivity index (χ2v) is 7.11. The average Bonchev–Trinajstić information content (AvgIpc) is 2.48. The largest absolute Gasteiger partial charge is 0.370 e. The Balaban J connectivity index is 2.21. The fraction of sp³-hybridized carbons (Fsp3) is 0.765. The number of nitrogens with two attached hydrogens (primary N) is 1. The van der Waals surface area contributed by atoms with Crippen LogP contribution in [0.3, 0.4) is 0 Å². The van der Waals surface area contributed by atoms with Crippen LogP contribution in [0.5, 0.6) is 0 Å². The highest BCUT2D eigenvalue weighted by Crippen LogP contribution is 2.46. The van der Waals surface area contributed by atoms with Crippen molar-refractivity contribution >= 4 is 0 Å². The lowest BCUT2D eigenvalue weighted by molar-refractivity contribution is -0.0730. The second kappa shape index (κ2) is 6.41. The highest BCUT2D eigenvalue weighted by atomic mass is 16.5. The minimum Gasteiger partial charge on any atom is -0.370 e. The SMILES string of the molecule is CCC(N)Cc1ccnc(C2(OC)CCC(C)(C)CC2)n1. The van der Waals surface area contributed by atoms with E-state index < -0.39 is 0 Å². The molecular formula is C17H29N3O. The zero-order valence-corrected chi connectivity index (χ0v) is 13.9. The van der Waals surface area contributed by atoms with Crippen LogP contribution >= 0.6 is 0 Å². The molecule has 1 fully saturated rings. The molecule has 4 heteroatoms. The van der Waals surface area contributed by atoms with Gasteiger partial charge in [0.25, 0.3) is 0 Å². The molecule has 0 aliphatic heterocycles. The lowest BCUT2D eigenvalue weighted by atomic mass is 9.70. The normalized spacial score (nSPS) is 22.0. The van der Waals surface area contributed by atoms with Gasteiger partial charge in [0.1, 0.15) is 5.60 Å². The molecule has 1 aliphatic carbocycles. The van der Waals surface area contributed by atoms with Gasteiger partial charge >= 0.3 is 0 Å². The minimum absolute atomic E-state index is 0.163. The van der Waals surface area contributed by atoms with Gasteiger partial charge in [-0.2, -0.15) is 0 Å². The van der Waals surface area contributed by atoms with Crippen LogP contribution in [0, 0.1) is 5.41 Å². The molecular weight excluding hydrogens is 262 g/mol. The molecule has 0 aromatic carbocycles. The van der Waals surface area contributed by atoms with E-state index in [-0.39, 0.29) is 11.6 Å². The van der Waals surface area contributed by atoms with Gasteiger partial charge in [-0.25, -0.2) is 9.97 Å². The maximum absolute atomic E-state index is 6.04. The van der Waals surface area contributed by atoms with Crippen molar-refractivity contribution < 1.29 is 4.74 Å². The van der Waals surface area contributed by atoms with Crippen LogP contribution < -0.4 is 5.73 Å². The van der Waals surface area contributed by atoms with Crippen molar-refractivity contribution in [3.05, 3.63) is 23.8 Å². The van der Waals surface area contributed by atoms with Gasteiger partial charge in [-0.3, -0.25) is 0 Å². The molecule has 1 aromatic rings. The molecule has 0 bridgehead atoms. The predicted molar refractivity (Wildman–Crippen MR) is 84.9 cm³/mol. The van der Waals surface area contributed by atoms with E-state index in [4.69, 9.17) is 15.5 Å². The van der Waals surface area contributed by atoms with Crippen molar-refractivity contribution in [2.45, 2.75) is 70.9 Å². The summed E-state index contributed by atoms with van der Waals surface area (Å²) in [6.07, 6.45) is 7.87. The minimum atomic E-state index is -0.318. The summed E-state index contributed by atoms with van der Waals surface area (Å²) in [5.41, 5.74) is 7.14. The number of ether oxygens (including phenoxy) is 1. The Labute approximate surface area is 128 Å². The first-order valence-corrected chi connectivity index (χ1v) is 8.04. The van der Waals surface area contributed by atoms with Crippen molar-refractivity contribution in [3.63, 3.8) is 0 Å². The van der Waals surface area contributed by atoms with Gasteiger partial charge in [0, 0.05) is 31.5 Å². The number of aromatic nitrogens is 2. The summed E-state index contributed by atoms with van der Waals surface area (Å²) in [6, 6.07) is 2.13.